The molecule has 0 atom stereocenters. The van der Waals surface area contributed by atoms with E-state index in [2.05, 4.69) is 15.0 Å². The van der Waals surface area contributed by atoms with E-state index in [-0.39, 0.29) is 6.61 Å². The number of rotatable bonds is 3. The number of pyridine rings is 1. The van der Waals surface area contributed by atoms with Crippen molar-refractivity contribution in [3.63, 3.8) is 0 Å². The average molecular weight is 241 g/mol. The van der Waals surface area contributed by atoms with E-state index in [1.165, 1.54) is 0 Å². The molecule has 2 aromatic rings. The first-order chi connectivity index (χ1) is 8.78. The molecule has 0 unspecified atom stereocenters. The van der Waals surface area contributed by atoms with E-state index in [4.69, 9.17) is 0 Å². The third-order valence-corrected chi connectivity index (χ3v) is 3.15. The van der Waals surface area contributed by atoms with Gasteiger partial charge in [0.1, 0.15) is 5.69 Å². The zero-order chi connectivity index (χ0) is 12.5. The van der Waals surface area contributed by atoms with Crippen LogP contribution in [0.25, 0.3) is 11.5 Å². The lowest BCUT2D eigenvalue weighted by Gasteiger charge is -2.07. The molecule has 1 aliphatic rings. The van der Waals surface area contributed by atoms with Crippen molar-refractivity contribution in [2.24, 2.45) is 0 Å². The number of hydrogen-bond donors (Lipinski definition) is 1. The minimum absolute atomic E-state index is 0.00730. The van der Waals surface area contributed by atoms with Crippen LogP contribution in [0.3, 0.4) is 0 Å². The number of nitrogens with zero attached hydrogens (tertiary/aromatic N) is 3. The predicted octanol–water partition coefficient (Wildman–Crippen LogP) is 2.22. The van der Waals surface area contributed by atoms with E-state index < -0.39 is 0 Å². The maximum absolute atomic E-state index is 9.31. The standard InChI is InChI=1S/C14H15N3O/c1-9-3-2-4-12(16-9)14-15-7-11(8-18)13(17-14)10-5-6-10/h2-4,7,10,18H,5-6,8H2,1H3. The molecule has 4 nitrogen and oxygen atoms in total. The summed E-state index contributed by atoms with van der Waals surface area (Å²) in [6.07, 6.45) is 4.04. The maximum Gasteiger partial charge on any atom is 0.178 e. The lowest BCUT2D eigenvalue weighted by atomic mass is 10.1. The van der Waals surface area contributed by atoms with Crippen molar-refractivity contribution in [1.82, 2.24) is 15.0 Å². The van der Waals surface area contributed by atoms with E-state index in [0.717, 1.165) is 35.5 Å². The normalized spacial score (nSPS) is 14.8. The van der Waals surface area contributed by atoms with Crippen LogP contribution in [0.15, 0.2) is 24.4 Å². The predicted molar refractivity (Wildman–Crippen MR) is 67.9 cm³/mol. The van der Waals surface area contributed by atoms with Gasteiger partial charge >= 0.3 is 0 Å². The van der Waals surface area contributed by atoms with Gasteiger partial charge in [-0.15, -0.1) is 0 Å². The molecule has 0 spiro atoms. The summed E-state index contributed by atoms with van der Waals surface area (Å²) in [6.45, 7) is 1.96. The van der Waals surface area contributed by atoms with Crippen molar-refractivity contribution in [3.8, 4) is 11.5 Å². The molecule has 2 aromatic heterocycles. The summed E-state index contributed by atoms with van der Waals surface area (Å²) in [7, 11) is 0. The first-order valence-corrected chi connectivity index (χ1v) is 6.18. The van der Waals surface area contributed by atoms with Gasteiger partial charge in [-0.25, -0.2) is 15.0 Å². The number of hydrogen-bond acceptors (Lipinski definition) is 4. The number of aromatic nitrogens is 3. The Balaban J connectivity index is 2.05. The summed E-state index contributed by atoms with van der Waals surface area (Å²) in [4.78, 5) is 13.3. The van der Waals surface area contributed by atoms with Gasteiger partial charge in [-0.3, -0.25) is 0 Å². The Morgan fingerprint density at radius 2 is 2.11 bits per heavy atom. The van der Waals surface area contributed by atoms with Crippen LogP contribution in [-0.2, 0) is 6.61 Å². The van der Waals surface area contributed by atoms with Crippen molar-refractivity contribution in [2.75, 3.05) is 0 Å². The second-order valence-corrected chi connectivity index (χ2v) is 4.70. The molecule has 1 fully saturated rings. The van der Waals surface area contributed by atoms with Crippen molar-refractivity contribution in [3.05, 3.63) is 41.3 Å². The van der Waals surface area contributed by atoms with E-state index >= 15 is 0 Å². The van der Waals surface area contributed by atoms with Gasteiger partial charge in [-0.2, -0.15) is 0 Å². The fourth-order valence-electron chi connectivity index (χ4n) is 2.04. The van der Waals surface area contributed by atoms with Crippen LogP contribution in [0.2, 0.25) is 0 Å². The fourth-order valence-corrected chi connectivity index (χ4v) is 2.04. The van der Waals surface area contributed by atoms with Crippen LogP contribution >= 0.6 is 0 Å². The lowest BCUT2D eigenvalue weighted by molar-refractivity contribution is 0.279. The molecule has 3 rings (SSSR count). The Morgan fingerprint density at radius 1 is 1.28 bits per heavy atom. The minimum Gasteiger partial charge on any atom is -0.392 e. The molecule has 1 saturated carbocycles. The average Bonchev–Trinajstić information content (AvgIpc) is 3.22. The Labute approximate surface area is 106 Å². The van der Waals surface area contributed by atoms with Gasteiger partial charge < -0.3 is 5.11 Å². The molecule has 4 heteroatoms. The molecule has 18 heavy (non-hydrogen) atoms. The quantitative estimate of drug-likeness (QED) is 0.895. The van der Waals surface area contributed by atoms with Gasteiger partial charge in [-0.1, -0.05) is 6.07 Å². The number of aliphatic hydroxyl groups excluding tert-OH is 1. The summed E-state index contributed by atoms with van der Waals surface area (Å²) >= 11 is 0. The Bertz CT molecular complexity index is 579. The van der Waals surface area contributed by atoms with E-state index in [9.17, 15) is 5.11 Å². The van der Waals surface area contributed by atoms with Crippen LogP contribution in [0.4, 0.5) is 0 Å². The van der Waals surface area contributed by atoms with Gasteiger partial charge in [0.05, 0.1) is 12.3 Å². The highest BCUT2D eigenvalue weighted by atomic mass is 16.3. The molecule has 0 aliphatic heterocycles. The third-order valence-electron chi connectivity index (χ3n) is 3.15. The van der Waals surface area contributed by atoms with Gasteiger partial charge in [0, 0.05) is 23.4 Å². The molecular weight excluding hydrogens is 226 g/mol. The maximum atomic E-state index is 9.31. The molecule has 2 heterocycles. The van der Waals surface area contributed by atoms with Crippen LogP contribution < -0.4 is 0 Å². The summed E-state index contributed by atoms with van der Waals surface area (Å²) in [5.74, 6) is 1.15. The Hall–Kier alpha value is -1.81. The Kier molecular flexibility index (Phi) is 2.80. The highest BCUT2D eigenvalue weighted by molar-refractivity contribution is 5.50. The molecule has 0 amide bonds. The van der Waals surface area contributed by atoms with Crippen molar-refractivity contribution in [1.29, 1.82) is 0 Å². The van der Waals surface area contributed by atoms with Crippen LogP contribution in [0.5, 0.6) is 0 Å². The molecule has 1 N–H and O–H groups in total. The second-order valence-electron chi connectivity index (χ2n) is 4.70. The van der Waals surface area contributed by atoms with E-state index in [1.807, 2.05) is 25.1 Å². The first kappa shape index (κ1) is 11.3. The topological polar surface area (TPSA) is 58.9 Å². The molecule has 92 valence electrons. The van der Waals surface area contributed by atoms with Crippen LogP contribution in [0.1, 0.15) is 35.7 Å². The zero-order valence-corrected chi connectivity index (χ0v) is 10.3. The van der Waals surface area contributed by atoms with Crippen LogP contribution in [0, 0.1) is 6.92 Å². The molecule has 0 radical (unpaired) electrons. The smallest absolute Gasteiger partial charge is 0.178 e. The molecule has 0 saturated heterocycles. The SMILES string of the molecule is Cc1cccc(-c2ncc(CO)c(C3CC3)n2)n1. The van der Waals surface area contributed by atoms with Gasteiger partial charge in [0.25, 0.3) is 0 Å². The molecule has 0 aromatic carbocycles. The van der Waals surface area contributed by atoms with Crippen molar-refractivity contribution < 1.29 is 5.11 Å². The summed E-state index contributed by atoms with van der Waals surface area (Å²) in [6, 6.07) is 5.82. The molecule has 0 bridgehead atoms. The molecular formula is C14H15N3O. The summed E-state index contributed by atoms with van der Waals surface area (Å²) in [5, 5.41) is 9.31. The monoisotopic (exact) mass is 241 g/mol. The Morgan fingerprint density at radius 3 is 2.78 bits per heavy atom. The molecule has 1 aliphatic carbocycles. The number of aliphatic hydroxyl groups is 1. The zero-order valence-electron chi connectivity index (χ0n) is 10.3. The second kappa shape index (κ2) is 4.46. The first-order valence-electron chi connectivity index (χ1n) is 6.18. The lowest BCUT2D eigenvalue weighted by Crippen LogP contribution is -2.02. The highest BCUT2D eigenvalue weighted by Crippen LogP contribution is 2.40. The summed E-state index contributed by atoms with van der Waals surface area (Å²) < 4.78 is 0. The van der Waals surface area contributed by atoms with Gasteiger partial charge in [0.2, 0.25) is 0 Å². The minimum atomic E-state index is 0.00730. The van der Waals surface area contributed by atoms with Gasteiger partial charge in [0.15, 0.2) is 5.82 Å². The fraction of sp³-hybridized carbons (Fsp3) is 0.357. The van der Waals surface area contributed by atoms with Crippen molar-refractivity contribution in [2.45, 2.75) is 32.3 Å². The largest absolute Gasteiger partial charge is 0.392 e. The highest BCUT2D eigenvalue weighted by Gasteiger charge is 2.28. The van der Waals surface area contributed by atoms with E-state index in [0.29, 0.717) is 11.7 Å². The van der Waals surface area contributed by atoms with E-state index in [1.54, 1.807) is 6.20 Å². The number of aryl methyl sites for hydroxylation is 1. The van der Waals surface area contributed by atoms with Crippen LogP contribution in [-0.4, -0.2) is 20.1 Å². The van der Waals surface area contributed by atoms with Gasteiger partial charge in [-0.05, 0) is 31.9 Å². The summed E-state index contributed by atoms with van der Waals surface area (Å²) in [5.41, 5.74) is 3.58. The van der Waals surface area contributed by atoms with Crippen molar-refractivity contribution >= 4 is 0 Å². The third kappa shape index (κ3) is 2.11.